The highest BCUT2D eigenvalue weighted by atomic mass is 19.1. The average molecular weight is 354 g/mol. The van der Waals surface area contributed by atoms with E-state index in [0.29, 0.717) is 36.6 Å². The molecular formula is C20H19FN2O3. The third-order valence-electron chi connectivity index (χ3n) is 4.87. The van der Waals surface area contributed by atoms with Crippen LogP contribution in [0.5, 0.6) is 11.5 Å². The zero-order valence-electron chi connectivity index (χ0n) is 14.6. The van der Waals surface area contributed by atoms with Crippen molar-refractivity contribution in [1.29, 1.82) is 0 Å². The van der Waals surface area contributed by atoms with Crippen molar-refractivity contribution >= 4 is 16.8 Å². The summed E-state index contributed by atoms with van der Waals surface area (Å²) < 4.78 is 24.3. The predicted molar refractivity (Wildman–Crippen MR) is 96.2 cm³/mol. The number of methoxy groups -OCH3 is 2. The van der Waals surface area contributed by atoms with Crippen LogP contribution in [0.2, 0.25) is 0 Å². The number of ether oxygens (including phenoxy) is 2. The number of nitrogens with one attached hydrogen (secondary N) is 1. The van der Waals surface area contributed by atoms with Crippen molar-refractivity contribution in [1.82, 2.24) is 9.88 Å². The van der Waals surface area contributed by atoms with Crippen molar-refractivity contribution in [2.24, 2.45) is 0 Å². The van der Waals surface area contributed by atoms with E-state index >= 15 is 0 Å². The monoisotopic (exact) mass is 354 g/mol. The molecule has 1 aliphatic heterocycles. The molecule has 1 N–H and O–H groups in total. The predicted octanol–water partition coefficient (Wildman–Crippen LogP) is 3.52. The van der Waals surface area contributed by atoms with Gasteiger partial charge in [-0.25, -0.2) is 4.39 Å². The van der Waals surface area contributed by atoms with Gasteiger partial charge in [-0.15, -0.1) is 0 Å². The van der Waals surface area contributed by atoms with Gasteiger partial charge in [0, 0.05) is 23.1 Å². The number of amides is 1. The van der Waals surface area contributed by atoms with Gasteiger partial charge in [0.15, 0.2) is 0 Å². The van der Waals surface area contributed by atoms with Crippen LogP contribution in [0.15, 0.2) is 36.4 Å². The summed E-state index contributed by atoms with van der Waals surface area (Å²) in [6, 6.07) is 10.00. The van der Waals surface area contributed by atoms with Gasteiger partial charge in [0.25, 0.3) is 5.91 Å². The number of benzene rings is 2. The summed E-state index contributed by atoms with van der Waals surface area (Å²) in [5.74, 6) is 0.573. The smallest absolute Gasteiger partial charge is 0.261 e. The number of rotatable bonds is 3. The molecule has 0 atom stereocenters. The molecule has 3 aromatic rings. The molecule has 5 nitrogen and oxygen atoms in total. The molecule has 0 saturated carbocycles. The van der Waals surface area contributed by atoms with E-state index < -0.39 is 0 Å². The molecular weight excluding hydrogens is 335 g/mol. The fourth-order valence-electron chi connectivity index (χ4n) is 3.61. The Morgan fingerprint density at radius 1 is 1.15 bits per heavy atom. The maximum atomic E-state index is 13.6. The average Bonchev–Trinajstić information content (AvgIpc) is 3.03. The molecule has 0 aliphatic carbocycles. The standard InChI is InChI=1S/C20H19FN2O3/c1-25-17-4-3-5-18(26-2)19(17)20(24)23-9-8-13-14-10-12(21)6-7-15(14)22-16(13)11-23/h3-7,10,22H,8-9,11H2,1-2H3. The van der Waals surface area contributed by atoms with Crippen LogP contribution in [0, 0.1) is 5.82 Å². The van der Waals surface area contributed by atoms with Crippen LogP contribution in [0.25, 0.3) is 10.9 Å². The van der Waals surface area contributed by atoms with Crippen LogP contribution in [-0.4, -0.2) is 36.6 Å². The van der Waals surface area contributed by atoms with Gasteiger partial charge in [-0.3, -0.25) is 4.79 Å². The van der Waals surface area contributed by atoms with E-state index in [1.165, 1.54) is 20.3 Å². The third-order valence-corrected chi connectivity index (χ3v) is 4.87. The van der Waals surface area contributed by atoms with Gasteiger partial charge in [-0.2, -0.15) is 0 Å². The maximum Gasteiger partial charge on any atom is 0.261 e. The molecule has 1 aromatic heterocycles. The highest BCUT2D eigenvalue weighted by Crippen LogP contribution is 2.33. The fraction of sp³-hybridized carbons (Fsp3) is 0.250. The molecule has 0 spiro atoms. The summed E-state index contributed by atoms with van der Waals surface area (Å²) in [6.07, 6.45) is 0.669. The van der Waals surface area contributed by atoms with Crippen molar-refractivity contribution in [3.63, 3.8) is 0 Å². The van der Waals surface area contributed by atoms with Crippen molar-refractivity contribution in [2.75, 3.05) is 20.8 Å². The second-order valence-corrected chi connectivity index (χ2v) is 6.29. The summed E-state index contributed by atoms with van der Waals surface area (Å²) >= 11 is 0. The third kappa shape index (κ3) is 2.58. The molecule has 1 amide bonds. The first-order valence-electron chi connectivity index (χ1n) is 8.41. The molecule has 0 bridgehead atoms. The Balaban J connectivity index is 1.69. The molecule has 6 heteroatoms. The molecule has 0 unspecified atom stereocenters. The lowest BCUT2D eigenvalue weighted by molar-refractivity contribution is 0.0726. The Labute approximate surface area is 150 Å². The zero-order valence-corrected chi connectivity index (χ0v) is 14.6. The van der Waals surface area contributed by atoms with E-state index in [-0.39, 0.29) is 11.7 Å². The summed E-state index contributed by atoms with van der Waals surface area (Å²) in [5, 5.41) is 0.891. The summed E-state index contributed by atoms with van der Waals surface area (Å²) in [7, 11) is 3.07. The summed E-state index contributed by atoms with van der Waals surface area (Å²) in [4.78, 5) is 18.2. The van der Waals surface area contributed by atoms with E-state index in [2.05, 4.69) is 4.98 Å². The van der Waals surface area contributed by atoms with E-state index in [1.54, 1.807) is 35.2 Å². The van der Waals surface area contributed by atoms with E-state index in [0.717, 1.165) is 22.2 Å². The lowest BCUT2D eigenvalue weighted by Crippen LogP contribution is -2.36. The van der Waals surface area contributed by atoms with Gasteiger partial charge in [0.05, 0.1) is 20.8 Å². The Bertz CT molecular complexity index is 974. The number of hydrogen-bond acceptors (Lipinski definition) is 3. The molecule has 0 radical (unpaired) electrons. The minimum atomic E-state index is -0.253. The molecule has 2 heterocycles. The number of halogens is 1. The number of carbonyl (C=O) groups excluding carboxylic acids is 1. The molecule has 1 aliphatic rings. The number of hydrogen-bond donors (Lipinski definition) is 1. The Morgan fingerprint density at radius 3 is 2.58 bits per heavy atom. The summed E-state index contributed by atoms with van der Waals surface area (Å²) in [6.45, 7) is 0.988. The SMILES string of the molecule is COc1cccc(OC)c1C(=O)N1CCc2c([nH]c3ccc(F)cc23)C1. The van der Waals surface area contributed by atoms with Gasteiger partial charge in [0.1, 0.15) is 22.9 Å². The van der Waals surface area contributed by atoms with E-state index in [1.807, 2.05) is 0 Å². The second kappa shape index (κ2) is 6.37. The van der Waals surface area contributed by atoms with Gasteiger partial charge in [-0.1, -0.05) is 6.07 Å². The molecule has 4 rings (SSSR count). The van der Waals surface area contributed by atoms with Crippen LogP contribution in [0.3, 0.4) is 0 Å². The Morgan fingerprint density at radius 2 is 1.88 bits per heavy atom. The van der Waals surface area contributed by atoms with Gasteiger partial charge in [0.2, 0.25) is 0 Å². The van der Waals surface area contributed by atoms with Crippen LogP contribution in [-0.2, 0) is 13.0 Å². The number of fused-ring (bicyclic) bond motifs is 3. The number of aromatic nitrogens is 1. The van der Waals surface area contributed by atoms with Crippen molar-refractivity contribution in [3.05, 3.63) is 59.0 Å². The first kappa shape index (κ1) is 16.4. The summed E-state index contributed by atoms with van der Waals surface area (Å²) in [5.41, 5.74) is 3.33. The molecule has 26 heavy (non-hydrogen) atoms. The molecule has 2 aromatic carbocycles. The van der Waals surface area contributed by atoms with Crippen LogP contribution in [0.1, 0.15) is 21.6 Å². The van der Waals surface area contributed by atoms with E-state index in [9.17, 15) is 9.18 Å². The van der Waals surface area contributed by atoms with Crippen LogP contribution >= 0.6 is 0 Å². The number of H-pyrrole nitrogens is 1. The highest BCUT2D eigenvalue weighted by Gasteiger charge is 2.28. The first-order chi connectivity index (χ1) is 12.6. The number of carbonyl (C=O) groups is 1. The number of nitrogens with zero attached hydrogens (tertiary/aromatic N) is 1. The lowest BCUT2D eigenvalue weighted by atomic mass is 10.0. The van der Waals surface area contributed by atoms with Crippen molar-refractivity contribution < 1.29 is 18.7 Å². The Hall–Kier alpha value is -3.02. The normalized spacial score (nSPS) is 13.6. The van der Waals surface area contributed by atoms with Crippen molar-refractivity contribution in [2.45, 2.75) is 13.0 Å². The fourth-order valence-corrected chi connectivity index (χ4v) is 3.61. The van der Waals surface area contributed by atoms with Gasteiger partial charge in [-0.05, 0) is 42.3 Å². The molecule has 0 fully saturated rings. The quantitative estimate of drug-likeness (QED) is 0.783. The van der Waals surface area contributed by atoms with Crippen LogP contribution < -0.4 is 9.47 Å². The van der Waals surface area contributed by atoms with Gasteiger partial charge >= 0.3 is 0 Å². The maximum absolute atomic E-state index is 13.6. The van der Waals surface area contributed by atoms with E-state index in [4.69, 9.17) is 9.47 Å². The minimum Gasteiger partial charge on any atom is -0.496 e. The molecule has 134 valence electrons. The lowest BCUT2D eigenvalue weighted by Gasteiger charge is -2.28. The van der Waals surface area contributed by atoms with Gasteiger partial charge < -0.3 is 19.4 Å². The largest absolute Gasteiger partial charge is 0.496 e. The molecule has 0 saturated heterocycles. The Kier molecular flexibility index (Phi) is 4.03. The van der Waals surface area contributed by atoms with Crippen molar-refractivity contribution in [3.8, 4) is 11.5 Å². The topological polar surface area (TPSA) is 54.6 Å². The minimum absolute atomic E-state index is 0.144. The first-order valence-corrected chi connectivity index (χ1v) is 8.41. The second-order valence-electron chi connectivity index (χ2n) is 6.29. The highest BCUT2D eigenvalue weighted by molar-refractivity contribution is 6.00. The zero-order chi connectivity index (χ0) is 18.3. The number of aromatic amines is 1. The van der Waals surface area contributed by atoms with Crippen LogP contribution in [0.4, 0.5) is 4.39 Å².